The summed E-state index contributed by atoms with van der Waals surface area (Å²) in [5.41, 5.74) is 4.57. The number of ether oxygens (including phenoxy) is 2. The minimum Gasteiger partial charge on any atom is -0.497 e. The molecule has 4 nitrogen and oxygen atoms in total. The van der Waals surface area contributed by atoms with Crippen molar-refractivity contribution in [2.45, 2.75) is 6.54 Å². The van der Waals surface area contributed by atoms with Gasteiger partial charge in [0.05, 0.1) is 27.0 Å². The normalized spacial score (nSPS) is 10.7. The zero-order chi connectivity index (χ0) is 15.9. The lowest BCUT2D eigenvalue weighted by molar-refractivity contribution is 0.394. The molecule has 0 spiro atoms. The van der Waals surface area contributed by atoms with Gasteiger partial charge in [0.2, 0.25) is 0 Å². The monoisotopic (exact) mass is 338 g/mol. The average molecular weight is 339 g/mol. The van der Waals surface area contributed by atoms with Gasteiger partial charge < -0.3 is 14.9 Å². The number of halogens is 2. The number of hydrazone groups is 1. The minimum absolute atomic E-state index is 0.438. The smallest absolute Gasteiger partial charge is 0.131 e. The molecular formula is C16H16Cl2N2O2. The summed E-state index contributed by atoms with van der Waals surface area (Å²) in [6.45, 7) is 0.438. The van der Waals surface area contributed by atoms with E-state index in [4.69, 9.17) is 32.7 Å². The summed E-state index contributed by atoms with van der Waals surface area (Å²) in [6, 6.07) is 10.9. The molecule has 0 radical (unpaired) electrons. The van der Waals surface area contributed by atoms with E-state index in [2.05, 4.69) is 10.5 Å². The van der Waals surface area contributed by atoms with Crippen molar-refractivity contribution < 1.29 is 9.47 Å². The number of hydrogen-bond acceptors (Lipinski definition) is 4. The molecule has 2 aromatic rings. The first-order valence-electron chi connectivity index (χ1n) is 6.56. The van der Waals surface area contributed by atoms with Gasteiger partial charge in [-0.05, 0) is 24.3 Å². The number of nitrogens with one attached hydrogen (secondary N) is 1. The molecule has 2 rings (SSSR count). The van der Waals surface area contributed by atoms with Gasteiger partial charge in [0.15, 0.2) is 0 Å². The van der Waals surface area contributed by atoms with Crippen LogP contribution in [0.5, 0.6) is 11.5 Å². The molecule has 116 valence electrons. The molecule has 0 heterocycles. The van der Waals surface area contributed by atoms with Crippen molar-refractivity contribution in [2.24, 2.45) is 5.10 Å². The van der Waals surface area contributed by atoms with Crippen molar-refractivity contribution in [1.82, 2.24) is 5.43 Å². The van der Waals surface area contributed by atoms with E-state index in [1.807, 2.05) is 12.1 Å². The van der Waals surface area contributed by atoms with Gasteiger partial charge in [-0.2, -0.15) is 5.10 Å². The van der Waals surface area contributed by atoms with E-state index in [1.54, 1.807) is 44.7 Å². The second-order valence-corrected chi connectivity index (χ2v) is 5.22. The Hall–Kier alpha value is -1.91. The van der Waals surface area contributed by atoms with Crippen molar-refractivity contribution >= 4 is 29.4 Å². The zero-order valence-corrected chi connectivity index (χ0v) is 13.8. The molecule has 0 aliphatic rings. The first-order valence-corrected chi connectivity index (χ1v) is 7.32. The van der Waals surface area contributed by atoms with Crippen LogP contribution in [0.2, 0.25) is 10.0 Å². The summed E-state index contributed by atoms with van der Waals surface area (Å²) in [4.78, 5) is 0. The van der Waals surface area contributed by atoms with Crippen molar-refractivity contribution in [2.75, 3.05) is 14.2 Å². The third-order valence-electron chi connectivity index (χ3n) is 3.05. The Morgan fingerprint density at radius 2 is 1.82 bits per heavy atom. The predicted octanol–water partition coefficient (Wildman–Crippen LogP) is 4.13. The van der Waals surface area contributed by atoms with Gasteiger partial charge >= 0.3 is 0 Å². The number of hydrogen-bond donors (Lipinski definition) is 1. The lowest BCUT2D eigenvalue weighted by Gasteiger charge is -2.08. The third kappa shape index (κ3) is 4.06. The molecule has 0 saturated heterocycles. The molecule has 0 saturated carbocycles. The first kappa shape index (κ1) is 16.5. The number of methoxy groups -OCH3 is 2. The average Bonchev–Trinajstić information content (AvgIpc) is 2.53. The van der Waals surface area contributed by atoms with E-state index < -0.39 is 0 Å². The van der Waals surface area contributed by atoms with E-state index >= 15 is 0 Å². The summed E-state index contributed by atoms with van der Waals surface area (Å²) in [5, 5.41) is 5.39. The molecule has 1 N–H and O–H groups in total. The second-order valence-electron chi connectivity index (χ2n) is 4.40. The third-order valence-corrected chi connectivity index (χ3v) is 3.76. The largest absolute Gasteiger partial charge is 0.497 e. The zero-order valence-electron chi connectivity index (χ0n) is 12.3. The Kier molecular flexibility index (Phi) is 5.92. The second kappa shape index (κ2) is 7.92. The maximum atomic E-state index is 6.10. The molecule has 0 unspecified atom stereocenters. The Balaban J connectivity index is 2.04. The fourth-order valence-corrected chi connectivity index (χ4v) is 2.40. The SMILES string of the molecule is COc1ccc(/C=N/NCc2c(Cl)cccc2Cl)c(OC)c1. The number of benzene rings is 2. The molecule has 6 heteroatoms. The summed E-state index contributed by atoms with van der Waals surface area (Å²) < 4.78 is 10.5. The van der Waals surface area contributed by atoms with E-state index in [9.17, 15) is 0 Å². The van der Waals surface area contributed by atoms with Crippen LogP contribution < -0.4 is 14.9 Å². The molecule has 0 fully saturated rings. The van der Waals surface area contributed by atoms with Crippen molar-refractivity contribution in [3.05, 3.63) is 57.6 Å². The Morgan fingerprint density at radius 1 is 1.09 bits per heavy atom. The van der Waals surface area contributed by atoms with Crippen LogP contribution in [0, 0.1) is 0 Å². The summed E-state index contributed by atoms with van der Waals surface area (Å²) in [7, 11) is 3.21. The maximum absolute atomic E-state index is 6.10. The lowest BCUT2D eigenvalue weighted by Crippen LogP contribution is -2.07. The van der Waals surface area contributed by atoms with Crippen LogP contribution in [-0.4, -0.2) is 20.4 Å². The van der Waals surface area contributed by atoms with Crippen LogP contribution in [0.15, 0.2) is 41.5 Å². The minimum atomic E-state index is 0.438. The number of rotatable bonds is 6. The van der Waals surface area contributed by atoms with Gasteiger partial charge in [-0.25, -0.2) is 0 Å². The molecule has 0 aromatic heterocycles. The van der Waals surface area contributed by atoms with Gasteiger partial charge in [-0.15, -0.1) is 0 Å². The van der Waals surface area contributed by atoms with Crippen molar-refractivity contribution in [1.29, 1.82) is 0 Å². The molecular weight excluding hydrogens is 323 g/mol. The van der Waals surface area contributed by atoms with Gasteiger partial charge in [-0.1, -0.05) is 29.3 Å². The fraction of sp³-hybridized carbons (Fsp3) is 0.188. The van der Waals surface area contributed by atoms with E-state index in [-0.39, 0.29) is 0 Å². The Labute approximate surface area is 139 Å². The van der Waals surface area contributed by atoms with Crippen LogP contribution >= 0.6 is 23.2 Å². The quantitative estimate of drug-likeness (QED) is 0.636. The summed E-state index contributed by atoms with van der Waals surface area (Å²) >= 11 is 12.2. The van der Waals surface area contributed by atoms with Crippen LogP contribution in [0.3, 0.4) is 0 Å². The predicted molar refractivity (Wildman–Crippen MR) is 90.4 cm³/mol. The molecule has 0 bridgehead atoms. The molecule has 0 atom stereocenters. The topological polar surface area (TPSA) is 42.8 Å². The van der Waals surface area contributed by atoms with E-state index in [0.29, 0.717) is 22.3 Å². The van der Waals surface area contributed by atoms with Crippen LogP contribution in [0.4, 0.5) is 0 Å². The Morgan fingerprint density at radius 3 is 2.45 bits per heavy atom. The standard InChI is InChI=1S/C16H16Cl2N2O2/c1-21-12-7-6-11(16(8-12)22-2)9-19-20-10-13-14(17)4-3-5-15(13)18/h3-9,20H,10H2,1-2H3/b19-9+. The summed E-state index contributed by atoms with van der Waals surface area (Å²) in [5.74, 6) is 1.41. The highest BCUT2D eigenvalue weighted by Gasteiger charge is 2.05. The molecule has 0 aliphatic heterocycles. The van der Waals surface area contributed by atoms with Gasteiger partial charge in [0.25, 0.3) is 0 Å². The molecule has 22 heavy (non-hydrogen) atoms. The maximum Gasteiger partial charge on any atom is 0.131 e. The Bertz CT molecular complexity index is 655. The number of nitrogens with zero attached hydrogens (tertiary/aromatic N) is 1. The van der Waals surface area contributed by atoms with Crippen molar-refractivity contribution in [3.8, 4) is 11.5 Å². The van der Waals surface area contributed by atoms with Crippen LogP contribution in [-0.2, 0) is 6.54 Å². The van der Waals surface area contributed by atoms with Gasteiger partial charge in [0, 0.05) is 27.2 Å². The lowest BCUT2D eigenvalue weighted by atomic mass is 10.2. The van der Waals surface area contributed by atoms with Crippen LogP contribution in [0.25, 0.3) is 0 Å². The summed E-state index contributed by atoms with van der Waals surface area (Å²) in [6.07, 6.45) is 1.67. The van der Waals surface area contributed by atoms with Crippen molar-refractivity contribution in [3.63, 3.8) is 0 Å². The highest BCUT2D eigenvalue weighted by Crippen LogP contribution is 2.24. The van der Waals surface area contributed by atoms with Gasteiger partial charge in [-0.3, -0.25) is 0 Å². The highest BCUT2D eigenvalue weighted by molar-refractivity contribution is 6.35. The van der Waals surface area contributed by atoms with Gasteiger partial charge in [0.1, 0.15) is 11.5 Å². The highest BCUT2D eigenvalue weighted by atomic mass is 35.5. The first-order chi connectivity index (χ1) is 10.7. The van der Waals surface area contributed by atoms with Crippen LogP contribution in [0.1, 0.15) is 11.1 Å². The van der Waals surface area contributed by atoms with E-state index in [0.717, 1.165) is 16.9 Å². The molecule has 0 amide bonds. The molecule has 0 aliphatic carbocycles. The molecule has 2 aromatic carbocycles. The van der Waals surface area contributed by atoms with E-state index in [1.165, 1.54) is 0 Å². The fourth-order valence-electron chi connectivity index (χ4n) is 1.87.